The number of hydrogen-bond donors (Lipinski definition) is 10. The van der Waals surface area contributed by atoms with E-state index < -0.39 is 106 Å². The van der Waals surface area contributed by atoms with Gasteiger partial charge in [-0.1, -0.05) is 0 Å². The van der Waals surface area contributed by atoms with Crippen molar-refractivity contribution in [2.75, 3.05) is 0 Å². The third-order valence-electron chi connectivity index (χ3n) is 11.0. The van der Waals surface area contributed by atoms with Gasteiger partial charge < -0.3 is 0 Å². The summed E-state index contributed by atoms with van der Waals surface area (Å²) in [5.74, 6) is 0. The second kappa shape index (κ2) is 7.75. The van der Waals surface area contributed by atoms with Gasteiger partial charge in [0.25, 0.3) is 0 Å². The number of nitrogens with zero attached hydrogens (tertiary/aromatic N) is 10. The molecule has 0 amide bonds. The molecular weight excluding hydrogens is 720 g/mol. The van der Waals surface area contributed by atoms with Crippen LogP contribution in [-0.4, -0.2) is 106 Å². The summed E-state index contributed by atoms with van der Waals surface area (Å²) in [4.78, 5) is 123. The van der Waals surface area contributed by atoms with E-state index in [9.17, 15) is 101 Å². The molecule has 0 radical (unpaired) electrons. The highest BCUT2D eigenvalue weighted by Gasteiger charge is 3.52. The second-order valence-electron chi connectivity index (χ2n) is 11.2. The van der Waals surface area contributed by atoms with Gasteiger partial charge in [-0.05, 0) is 0 Å². The zero-order valence-corrected chi connectivity index (χ0v) is 22.6. The average molecular weight is 730 g/mol. The van der Waals surface area contributed by atoms with Gasteiger partial charge in [0.05, 0.1) is 0 Å². The summed E-state index contributed by atoms with van der Waals surface area (Å²) in [5, 5.41) is 104. The van der Waals surface area contributed by atoms with Crippen molar-refractivity contribution in [3.63, 3.8) is 0 Å². The lowest BCUT2D eigenvalue weighted by Gasteiger charge is -2.85. The van der Waals surface area contributed by atoms with E-state index in [2.05, 4.69) is 0 Å². The highest BCUT2D eigenvalue weighted by Crippen LogP contribution is 3.10. The summed E-state index contributed by atoms with van der Waals surface area (Å²) in [6.07, 6.45) is 0. The predicted octanol–water partition coefficient (Wildman–Crippen LogP) is -9.73. The molecule has 0 aromatic rings. The fourth-order valence-electron chi connectivity index (χ4n) is 12.0. The molecule has 0 aliphatic heterocycles. The fraction of sp³-hybridized carbons (Fsp3) is 1.00. The molecule has 5 aliphatic carbocycles. The highest BCUT2D eigenvalue weighted by atomic mass is 16.7. The Balaban J connectivity index is 2.02. The van der Waals surface area contributed by atoms with Gasteiger partial charge in [0.1, 0.15) is 0 Å². The second-order valence-corrected chi connectivity index (χ2v) is 11.2. The van der Waals surface area contributed by atoms with Crippen LogP contribution in [-0.2, 0) is 0 Å². The maximum atomic E-state index is 12.3. The first-order valence-electron chi connectivity index (χ1n) is 12.1. The lowest BCUT2D eigenvalue weighted by molar-refractivity contribution is -0.707. The van der Waals surface area contributed by atoms with Crippen molar-refractivity contribution >= 4 is 0 Å². The van der Waals surface area contributed by atoms with E-state index in [1.165, 1.54) is 0 Å². The number of nitrogens with one attached hydrogen (secondary N) is 10. The first-order chi connectivity index (χ1) is 22.9. The normalized spacial score (nSPS) is 44.4. The van der Waals surface area contributed by atoms with Crippen molar-refractivity contribution in [2.24, 2.45) is 0 Å². The van der Waals surface area contributed by atoms with E-state index in [4.69, 9.17) is 0 Å². The van der Waals surface area contributed by atoms with Gasteiger partial charge in [-0.15, -0.1) is 54.3 Å². The fourth-order valence-corrected chi connectivity index (χ4v) is 12.0. The van der Waals surface area contributed by atoms with Crippen LogP contribution in [0.4, 0.5) is 0 Å². The Morgan fingerprint density at radius 1 is 0.200 bits per heavy atom. The molecule has 0 unspecified atom stereocenters. The van der Waals surface area contributed by atoms with Gasteiger partial charge in [-0.2, -0.15) is 0 Å². The smallest absolute Gasteiger partial charge is 0.199 e. The van der Waals surface area contributed by atoms with Gasteiger partial charge in [0, 0.05) is 0 Å². The lowest BCUT2D eigenvalue weighted by atomic mass is 9.18. The summed E-state index contributed by atoms with van der Waals surface area (Å²) in [5.41, 5.74) is -29.9. The molecule has 0 aromatic heterocycles. The van der Waals surface area contributed by atoms with Crippen LogP contribution in [0.15, 0.2) is 0 Å². The van der Waals surface area contributed by atoms with E-state index in [1.54, 1.807) is 0 Å². The quantitative estimate of drug-likeness (QED) is 0.0316. The van der Waals surface area contributed by atoms with Crippen LogP contribution >= 0.6 is 0 Å². The minimum atomic E-state index is -4.12. The van der Waals surface area contributed by atoms with Crippen molar-refractivity contribution < 1.29 is 50.3 Å². The topological polar surface area (TPSA) is 552 Å². The molecular formula is C10H10N20O20. The molecule has 50 heavy (non-hydrogen) atoms. The Morgan fingerprint density at radius 3 is 0.300 bits per heavy atom. The average Bonchev–Trinajstić information content (AvgIpc) is 3.03. The Kier molecular flexibility index (Phi) is 4.95. The van der Waals surface area contributed by atoms with Crippen LogP contribution in [0.3, 0.4) is 0 Å². The molecule has 5 fully saturated rings. The summed E-state index contributed by atoms with van der Waals surface area (Å²) in [7, 11) is 0. The van der Waals surface area contributed by atoms with Gasteiger partial charge in [-0.25, -0.2) is 101 Å². The van der Waals surface area contributed by atoms with Crippen LogP contribution in [0.25, 0.3) is 0 Å². The maximum absolute atomic E-state index is 12.3. The van der Waals surface area contributed by atoms with Crippen LogP contribution in [0.5, 0.6) is 0 Å². The highest BCUT2D eigenvalue weighted by molar-refractivity contribution is 6.02. The van der Waals surface area contributed by atoms with E-state index >= 15 is 0 Å². The Bertz CT molecular complexity index is 1330. The Hall–Kier alpha value is -8.00. The van der Waals surface area contributed by atoms with Crippen LogP contribution in [0.1, 0.15) is 0 Å². The zero-order valence-electron chi connectivity index (χ0n) is 22.6. The first kappa shape index (κ1) is 32.0. The molecule has 0 spiro atoms. The minimum Gasteiger partial charge on any atom is -0.235 e. The lowest BCUT2D eigenvalue weighted by Crippen LogP contribution is -3.28. The van der Waals surface area contributed by atoms with Crippen molar-refractivity contribution in [1.29, 1.82) is 0 Å². The largest absolute Gasteiger partial charge is 0.235 e. The van der Waals surface area contributed by atoms with E-state index in [-0.39, 0.29) is 0 Å². The molecule has 0 atom stereocenters. The number of hydrogen-bond acceptors (Lipinski definition) is 20. The van der Waals surface area contributed by atoms with Gasteiger partial charge in [0.15, 0.2) is 106 Å². The molecule has 0 saturated heterocycles. The number of rotatable bonds is 20. The monoisotopic (exact) mass is 730 g/mol. The predicted molar refractivity (Wildman–Crippen MR) is 129 cm³/mol. The molecule has 10 N–H and O–H groups in total. The molecule has 0 heterocycles. The van der Waals surface area contributed by atoms with Crippen molar-refractivity contribution in [2.45, 2.75) is 55.4 Å². The summed E-state index contributed by atoms with van der Waals surface area (Å²) in [6, 6.07) is 0. The Morgan fingerprint density at radius 2 is 0.260 bits per heavy atom. The molecule has 270 valence electrons. The van der Waals surface area contributed by atoms with Crippen molar-refractivity contribution in [1.82, 2.24) is 54.3 Å². The van der Waals surface area contributed by atoms with E-state index in [0.717, 1.165) is 54.3 Å². The molecule has 40 heteroatoms. The maximum Gasteiger partial charge on any atom is 0.199 e. The van der Waals surface area contributed by atoms with Gasteiger partial charge in [0.2, 0.25) is 0 Å². The zero-order chi connectivity index (χ0) is 37.8. The molecule has 5 saturated carbocycles. The summed E-state index contributed by atoms with van der Waals surface area (Å²) in [6.45, 7) is 0. The number of nitro groups is 10. The van der Waals surface area contributed by atoms with Crippen molar-refractivity contribution in [3.05, 3.63) is 101 Å². The standard InChI is InChI=1S/C10H10N20O20/c31-21(32)11-1-2(12-22(33)34)5(15-25(39)40)3(1,13-23(35)36)7(17-27(43)44)8(18-28(45)46)4(1,14-24(37)38)6(2,16-26(41)42)10(8,20-30(49)50)9(5,7)19-29(47)48/h11-20H. The SMILES string of the molecule is O=[N+]([O-])NC12C3(N[N+](=O)[O-])C4(N[N+](=O)[O-])C1(N[N+](=O)[O-])C1(N[N+](=O)[O-])C2(N[N+](=O)[O-])C2(N[N+](=O)[O-])C3(N[N+](=O)[O-])C4(N[N+](=O)[O-])C12N[N+](=O)[O-]. The van der Waals surface area contributed by atoms with Gasteiger partial charge in [-0.3, -0.25) is 0 Å². The number of fused-ring (bicyclic) bond motifs is 15. The molecule has 5 aliphatic rings. The van der Waals surface area contributed by atoms with E-state index in [0.29, 0.717) is 0 Å². The Labute approximate surface area is 262 Å². The van der Waals surface area contributed by atoms with E-state index in [1.807, 2.05) is 0 Å². The van der Waals surface area contributed by atoms with Crippen molar-refractivity contribution in [3.8, 4) is 0 Å². The first-order valence-corrected chi connectivity index (χ1v) is 12.1. The third-order valence-corrected chi connectivity index (χ3v) is 11.0. The molecule has 0 aromatic carbocycles. The summed E-state index contributed by atoms with van der Waals surface area (Å²) >= 11 is 0. The third kappa shape index (κ3) is 1.94. The van der Waals surface area contributed by atoms with Crippen LogP contribution in [0.2, 0.25) is 0 Å². The van der Waals surface area contributed by atoms with Gasteiger partial charge >= 0.3 is 0 Å². The summed E-state index contributed by atoms with van der Waals surface area (Å²) < 4.78 is 0. The molecule has 5 rings (SSSR count). The molecule has 0 bridgehead atoms. The van der Waals surface area contributed by atoms with Crippen LogP contribution < -0.4 is 54.3 Å². The minimum absolute atomic E-state index is 1.14. The number of hydrazine groups is 10. The van der Waals surface area contributed by atoms with Crippen LogP contribution in [0, 0.1) is 101 Å². The molecule has 40 nitrogen and oxygen atoms in total.